The van der Waals surface area contributed by atoms with Crippen molar-refractivity contribution in [2.45, 2.75) is 0 Å². The van der Waals surface area contributed by atoms with Gasteiger partial charge in [-0.2, -0.15) is 0 Å². The Labute approximate surface area is 109 Å². The maximum atomic E-state index is 11.6. The van der Waals surface area contributed by atoms with Gasteiger partial charge in [0, 0.05) is 9.35 Å². The van der Waals surface area contributed by atoms with Crippen LogP contribution < -0.4 is 5.56 Å². The molecule has 0 radical (unpaired) electrons. The maximum absolute atomic E-state index is 11.6. The number of benzene rings is 1. The second-order valence-corrected chi connectivity index (χ2v) is 5.51. The average Bonchev–Trinajstić information content (AvgIpc) is 2.75. The van der Waals surface area contributed by atoms with Crippen molar-refractivity contribution in [2.24, 2.45) is 0 Å². The van der Waals surface area contributed by atoms with Crippen molar-refractivity contribution in [3.63, 3.8) is 0 Å². The van der Waals surface area contributed by atoms with Crippen LogP contribution in [0.15, 0.2) is 45.9 Å². The molecule has 0 saturated heterocycles. The minimum absolute atomic E-state index is 0.0883. The zero-order valence-electron chi connectivity index (χ0n) is 8.61. The molecule has 0 aliphatic heterocycles. The van der Waals surface area contributed by atoms with E-state index in [1.54, 1.807) is 0 Å². The monoisotopic (exact) mass is 306 g/mol. The highest BCUT2D eigenvalue weighted by Crippen LogP contribution is 2.31. The molecule has 17 heavy (non-hydrogen) atoms. The van der Waals surface area contributed by atoms with Crippen molar-refractivity contribution in [1.29, 1.82) is 0 Å². The van der Waals surface area contributed by atoms with Gasteiger partial charge in [-0.1, -0.05) is 28.1 Å². The predicted octanol–water partition coefficient (Wildman–Crippen LogP) is 3.41. The van der Waals surface area contributed by atoms with Gasteiger partial charge in [-0.15, -0.1) is 11.3 Å². The minimum atomic E-state index is -0.0883. The van der Waals surface area contributed by atoms with E-state index >= 15 is 0 Å². The molecule has 0 saturated carbocycles. The zero-order chi connectivity index (χ0) is 11.8. The minimum Gasteiger partial charge on any atom is -0.313 e. The van der Waals surface area contributed by atoms with Gasteiger partial charge in [0.05, 0.1) is 11.7 Å². The summed E-state index contributed by atoms with van der Waals surface area (Å²) in [7, 11) is 0. The Hall–Kier alpha value is -1.46. The summed E-state index contributed by atoms with van der Waals surface area (Å²) in [5.74, 6) is 0. The summed E-state index contributed by atoms with van der Waals surface area (Å²) in [5.41, 5.74) is 1.00. The van der Waals surface area contributed by atoms with E-state index in [0.717, 1.165) is 19.7 Å². The molecule has 3 nitrogen and oxygen atoms in total. The van der Waals surface area contributed by atoms with Gasteiger partial charge in [0.15, 0.2) is 0 Å². The Morgan fingerprint density at radius 3 is 2.71 bits per heavy atom. The van der Waals surface area contributed by atoms with Gasteiger partial charge in [-0.05, 0) is 23.8 Å². The number of H-pyrrole nitrogens is 1. The molecule has 0 aliphatic rings. The molecule has 5 heteroatoms. The molecule has 0 unspecified atom stereocenters. The summed E-state index contributed by atoms with van der Waals surface area (Å²) in [6.45, 7) is 0. The predicted molar refractivity (Wildman–Crippen MR) is 73.4 cm³/mol. The Morgan fingerprint density at radius 2 is 2.00 bits per heavy atom. The highest BCUT2D eigenvalue weighted by atomic mass is 79.9. The first-order valence-corrected chi connectivity index (χ1v) is 6.58. The van der Waals surface area contributed by atoms with Crippen molar-refractivity contribution in [1.82, 2.24) is 9.97 Å². The molecular weight excluding hydrogens is 300 g/mol. The summed E-state index contributed by atoms with van der Waals surface area (Å²) in [6.07, 6.45) is 1.44. The third-order valence-electron chi connectivity index (χ3n) is 2.46. The Kier molecular flexibility index (Phi) is 2.57. The maximum Gasteiger partial charge on any atom is 0.259 e. The summed E-state index contributed by atoms with van der Waals surface area (Å²) in [4.78, 5) is 20.1. The molecule has 0 fully saturated rings. The lowest BCUT2D eigenvalue weighted by molar-refractivity contribution is 1.18. The van der Waals surface area contributed by atoms with E-state index in [1.807, 2.05) is 30.3 Å². The number of halogens is 1. The molecule has 3 aromatic rings. The van der Waals surface area contributed by atoms with E-state index in [9.17, 15) is 4.79 Å². The molecule has 3 rings (SSSR count). The fraction of sp³-hybridized carbons (Fsp3) is 0. The molecule has 2 heterocycles. The van der Waals surface area contributed by atoms with Crippen molar-refractivity contribution in [3.05, 3.63) is 51.5 Å². The normalized spacial score (nSPS) is 10.9. The lowest BCUT2D eigenvalue weighted by atomic mass is 10.2. The third kappa shape index (κ3) is 1.92. The lowest BCUT2D eigenvalue weighted by Crippen LogP contribution is -2.03. The first-order valence-electron chi connectivity index (χ1n) is 4.97. The number of hydrogen-bond donors (Lipinski definition) is 1. The van der Waals surface area contributed by atoms with Crippen molar-refractivity contribution < 1.29 is 0 Å². The van der Waals surface area contributed by atoms with Crippen LogP contribution in [-0.2, 0) is 0 Å². The molecule has 2 aromatic heterocycles. The first-order chi connectivity index (χ1) is 8.24. The molecule has 1 N–H and O–H groups in total. The van der Waals surface area contributed by atoms with Gasteiger partial charge in [-0.3, -0.25) is 4.79 Å². The van der Waals surface area contributed by atoms with Crippen LogP contribution in [0.4, 0.5) is 0 Å². The van der Waals surface area contributed by atoms with E-state index in [0.29, 0.717) is 5.39 Å². The van der Waals surface area contributed by atoms with Gasteiger partial charge in [-0.25, -0.2) is 4.98 Å². The number of aromatic nitrogens is 2. The molecule has 84 valence electrons. The highest BCUT2D eigenvalue weighted by molar-refractivity contribution is 9.10. The largest absolute Gasteiger partial charge is 0.313 e. The number of thiophene rings is 1. The van der Waals surface area contributed by atoms with Gasteiger partial charge >= 0.3 is 0 Å². The van der Waals surface area contributed by atoms with E-state index in [1.165, 1.54) is 17.7 Å². The van der Waals surface area contributed by atoms with Crippen LogP contribution in [0.2, 0.25) is 0 Å². The van der Waals surface area contributed by atoms with Gasteiger partial charge in [0.1, 0.15) is 4.83 Å². The Bertz CT molecular complexity index is 730. The smallest absolute Gasteiger partial charge is 0.259 e. The molecule has 0 atom stereocenters. The van der Waals surface area contributed by atoms with Crippen molar-refractivity contribution in [2.75, 3.05) is 0 Å². The number of rotatable bonds is 1. The van der Waals surface area contributed by atoms with Crippen LogP contribution >= 0.6 is 27.3 Å². The Morgan fingerprint density at radius 1 is 1.24 bits per heavy atom. The second-order valence-electron chi connectivity index (χ2n) is 3.57. The van der Waals surface area contributed by atoms with Crippen LogP contribution in [0.3, 0.4) is 0 Å². The average molecular weight is 307 g/mol. The van der Waals surface area contributed by atoms with E-state index in [-0.39, 0.29) is 5.56 Å². The summed E-state index contributed by atoms with van der Waals surface area (Å²) < 4.78 is 1.04. The fourth-order valence-corrected chi connectivity index (χ4v) is 2.89. The van der Waals surface area contributed by atoms with Gasteiger partial charge < -0.3 is 4.98 Å². The quantitative estimate of drug-likeness (QED) is 0.749. The highest BCUT2D eigenvalue weighted by Gasteiger charge is 2.07. The zero-order valence-corrected chi connectivity index (χ0v) is 11.0. The van der Waals surface area contributed by atoms with E-state index in [4.69, 9.17) is 0 Å². The molecule has 0 bridgehead atoms. The Balaban J connectivity index is 2.21. The summed E-state index contributed by atoms with van der Waals surface area (Å²) in [6, 6.07) is 9.88. The number of nitrogens with one attached hydrogen (secondary N) is 1. The van der Waals surface area contributed by atoms with Crippen LogP contribution in [0.5, 0.6) is 0 Å². The molecular formula is C12H7BrN2OS. The number of nitrogens with zero attached hydrogens (tertiary/aromatic N) is 1. The van der Waals surface area contributed by atoms with Gasteiger partial charge in [0.2, 0.25) is 0 Å². The van der Waals surface area contributed by atoms with Crippen LogP contribution in [0, 0.1) is 0 Å². The van der Waals surface area contributed by atoms with Crippen LogP contribution in [0.1, 0.15) is 0 Å². The van der Waals surface area contributed by atoms with Crippen molar-refractivity contribution >= 4 is 37.5 Å². The lowest BCUT2D eigenvalue weighted by Gasteiger charge is -1.95. The number of aromatic amines is 1. The third-order valence-corrected chi connectivity index (χ3v) is 4.08. The standard InChI is InChI=1S/C12H7BrN2OS/c13-8-3-1-7(2-4-8)10-5-9-11(16)14-6-15-12(9)17-10/h1-6H,(H,14,15,16). The second kappa shape index (κ2) is 4.09. The number of fused-ring (bicyclic) bond motifs is 1. The summed E-state index contributed by atoms with van der Waals surface area (Å²) in [5, 5.41) is 0.649. The first kappa shape index (κ1) is 10.7. The SMILES string of the molecule is O=c1[nH]cnc2sc(-c3ccc(Br)cc3)cc12. The van der Waals surface area contributed by atoms with E-state index in [2.05, 4.69) is 25.9 Å². The molecule has 0 spiro atoms. The fourth-order valence-electron chi connectivity index (χ4n) is 1.62. The van der Waals surface area contributed by atoms with Gasteiger partial charge in [0.25, 0.3) is 5.56 Å². The topological polar surface area (TPSA) is 45.8 Å². The molecule has 1 aromatic carbocycles. The molecule has 0 aliphatic carbocycles. The molecule has 0 amide bonds. The summed E-state index contributed by atoms with van der Waals surface area (Å²) >= 11 is 4.92. The van der Waals surface area contributed by atoms with Crippen LogP contribution in [-0.4, -0.2) is 9.97 Å². The van der Waals surface area contributed by atoms with E-state index < -0.39 is 0 Å². The number of hydrogen-bond acceptors (Lipinski definition) is 3. The van der Waals surface area contributed by atoms with Crippen LogP contribution in [0.25, 0.3) is 20.7 Å². The van der Waals surface area contributed by atoms with Crippen molar-refractivity contribution in [3.8, 4) is 10.4 Å².